The lowest BCUT2D eigenvalue weighted by molar-refractivity contribution is 0.345. The molecule has 1 aliphatic rings. The standard InChI is InChI=1S/C26H24BN2O3/c1-2-18-14-28(16-21-9-6-10-25(30)29(21)15-18)27-20-11-12-22-24(13-20)32-17-23(26(22)31)19-7-4-3-5-8-19/h3-13,17-18H,2,14-16H2,1H3/t18-/m0/s1. The van der Waals surface area contributed by atoms with Crippen molar-refractivity contribution in [1.82, 2.24) is 9.38 Å². The summed E-state index contributed by atoms with van der Waals surface area (Å²) in [6, 6.07) is 20.8. The SMILES string of the molecule is CC[C@H]1CN([B]c2ccc3c(=O)c(-c4ccccc4)coc3c2)Cc2cccc(=O)n2C1. The molecule has 1 radical (unpaired) electrons. The van der Waals surface area contributed by atoms with E-state index >= 15 is 0 Å². The van der Waals surface area contributed by atoms with Crippen molar-refractivity contribution >= 4 is 23.8 Å². The number of pyridine rings is 1. The third-order valence-corrected chi connectivity index (χ3v) is 6.23. The molecule has 0 saturated carbocycles. The monoisotopic (exact) mass is 423 g/mol. The molecule has 0 fully saturated rings. The van der Waals surface area contributed by atoms with Crippen LogP contribution in [-0.2, 0) is 13.1 Å². The molecule has 5 rings (SSSR count). The summed E-state index contributed by atoms with van der Waals surface area (Å²) in [5, 5.41) is 0.572. The number of benzene rings is 2. The number of nitrogens with zero attached hydrogens (tertiary/aromatic N) is 2. The minimum absolute atomic E-state index is 0.0295. The molecular weight excluding hydrogens is 399 g/mol. The third kappa shape index (κ3) is 3.94. The summed E-state index contributed by atoms with van der Waals surface area (Å²) in [7, 11) is 2.10. The van der Waals surface area contributed by atoms with Gasteiger partial charge >= 0.3 is 0 Å². The lowest BCUT2D eigenvalue weighted by atomic mass is 9.79. The molecule has 0 amide bonds. The van der Waals surface area contributed by atoms with Gasteiger partial charge in [-0.25, -0.2) is 0 Å². The van der Waals surface area contributed by atoms with Crippen molar-refractivity contribution in [3.05, 3.63) is 99.3 Å². The van der Waals surface area contributed by atoms with Crippen LogP contribution in [0.15, 0.2) is 87.0 Å². The smallest absolute Gasteiger partial charge is 0.250 e. The van der Waals surface area contributed by atoms with Gasteiger partial charge in [0.05, 0.1) is 10.9 Å². The molecule has 1 atom stereocenters. The molecular formula is C26H24BN2O3. The van der Waals surface area contributed by atoms with Crippen molar-refractivity contribution in [1.29, 1.82) is 0 Å². The van der Waals surface area contributed by atoms with E-state index in [1.54, 1.807) is 12.3 Å². The van der Waals surface area contributed by atoms with E-state index in [0.717, 1.165) is 36.2 Å². The lowest BCUT2D eigenvalue weighted by Gasteiger charge is -2.22. The van der Waals surface area contributed by atoms with Gasteiger partial charge in [-0.3, -0.25) is 9.59 Å². The minimum atomic E-state index is -0.0295. The van der Waals surface area contributed by atoms with E-state index < -0.39 is 0 Å². The highest BCUT2D eigenvalue weighted by atomic mass is 16.3. The molecule has 0 unspecified atom stereocenters. The zero-order valence-electron chi connectivity index (χ0n) is 18.0. The highest BCUT2D eigenvalue weighted by Gasteiger charge is 2.22. The van der Waals surface area contributed by atoms with Crippen LogP contribution in [0.1, 0.15) is 19.0 Å². The second-order valence-corrected chi connectivity index (χ2v) is 8.40. The zero-order valence-corrected chi connectivity index (χ0v) is 18.0. The fourth-order valence-electron chi connectivity index (χ4n) is 4.44. The summed E-state index contributed by atoms with van der Waals surface area (Å²) in [5.41, 5.74) is 4.00. The first-order valence-corrected chi connectivity index (χ1v) is 11.0. The second kappa shape index (κ2) is 8.63. The molecule has 159 valence electrons. The van der Waals surface area contributed by atoms with Crippen LogP contribution in [0.2, 0.25) is 0 Å². The number of hydrogen-bond acceptors (Lipinski definition) is 4. The van der Waals surface area contributed by atoms with E-state index in [-0.39, 0.29) is 11.0 Å². The Morgan fingerprint density at radius 2 is 1.84 bits per heavy atom. The van der Waals surface area contributed by atoms with Gasteiger partial charge in [-0.1, -0.05) is 61.3 Å². The topological polar surface area (TPSA) is 55.5 Å². The van der Waals surface area contributed by atoms with Crippen molar-refractivity contribution in [3.63, 3.8) is 0 Å². The van der Waals surface area contributed by atoms with Crippen molar-refractivity contribution < 1.29 is 4.42 Å². The molecule has 2 aromatic heterocycles. The maximum absolute atomic E-state index is 13.0. The highest BCUT2D eigenvalue weighted by molar-refractivity contribution is 6.51. The van der Waals surface area contributed by atoms with Gasteiger partial charge < -0.3 is 13.8 Å². The van der Waals surface area contributed by atoms with Crippen LogP contribution in [-0.4, -0.2) is 23.3 Å². The summed E-state index contributed by atoms with van der Waals surface area (Å²) < 4.78 is 7.76. The molecule has 1 aliphatic heterocycles. The number of rotatable bonds is 4. The number of hydrogen-bond donors (Lipinski definition) is 0. The lowest BCUT2D eigenvalue weighted by Crippen LogP contribution is -2.37. The Labute approximate surface area is 187 Å². The van der Waals surface area contributed by atoms with Crippen LogP contribution in [0, 0.1) is 5.92 Å². The molecule has 4 aromatic rings. The maximum Gasteiger partial charge on any atom is 0.250 e. The van der Waals surface area contributed by atoms with Gasteiger partial charge in [0.1, 0.15) is 11.8 Å². The molecule has 32 heavy (non-hydrogen) atoms. The summed E-state index contributed by atoms with van der Waals surface area (Å²) in [6.07, 6.45) is 2.55. The largest absolute Gasteiger partial charge is 0.463 e. The van der Waals surface area contributed by atoms with Crippen molar-refractivity contribution in [3.8, 4) is 11.1 Å². The van der Waals surface area contributed by atoms with Crippen molar-refractivity contribution in [2.75, 3.05) is 6.54 Å². The predicted octanol–water partition coefficient (Wildman–Crippen LogP) is 3.41. The number of aromatic nitrogens is 1. The van der Waals surface area contributed by atoms with Gasteiger partial charge in [-0.2, -0.15) is 0 Å². The Bertz CT molecular complexity index is 1380. The van der Waals surface area contributed by atoms with E-state index in [0.29, 0.717) is 29.0 Å². The van der Waals surface area contributed by atoms with Crippen LogP contribution >= 0.6 is 0 Å². The van der Waals surface area contributed by atoms with Gasteiger partial charge in [-0.05, 0) is 36.2 Å². The Morgan fingerprint density at radius 3 is 2.66 bits per heavy atom. The third-order valence-electron chi connectivity index (χ3n) is 6.23. The van der Waals surface area contributed by atoms with Crippen LogP contribution in [0.3, 0.4) is 0 Å². The first kappa shape index (κ1) is 20.5. The zero-order chi connectivity index (χ0) is 22.1. The van der Waals surface area contributed by atoms with Gasteiger partial charge in [0, 0.05) is 24.8 Å². The summed E-state index contributed by atoms with van der Waals surface area (Å²) in [6.45, 7) is 4.44. The molecule has 3 heterocycles. The first-order chi connectivity index (χ1) is 15.6. The van der Waals surface area contributed by atoms with Crippen LogP contribution in [0.5, 0.6) is 0 Å². The second-order valence-electron chi connectivity index (χ2n) is 8.40. The average molecular weight is 423 g/mol. The molecule has 0 spiro atoms. The first-order valence-electron chi connectivity index (χ1n) is 11.0. The molecule has 0 saturated heterocycles. The highest BCUT2D eigenvalue weighted by Crippen LogP contribution is 2.20. The molecule has 0 aliphatic carbocycles. The van der Waals surface area contributed by atoms with Gasteiger partial charge in [0.15, 0.2) is 5.43 Å². The Kier molecular flexibility index (Phi) is 5.54. The van der Waals surface area contributed by atoms with E-state index in [9.17, 15) is 9.59 Å². The molecule has 0 N–H and O–H groups in total. The molecule has 0 bridgehead atoms. The fourth-order valence-corrected chi connectivity index (χ4v) is 4.44. The molecule has 6 heteroatoms. The Hall–Kier alpha value is -3.38. The maximum atomic E-state index is 13.0. The van der Waals surface area contributed by atoms with Crippen LogP contribution in [0.25, 0.3) is 22.1 Å². The minimum Gasteiger partial charge on any atom is -0.463 e. The normalized spacial score (nSPS) is 16.5. The fraction of sp³-hybridized carbons (Fsp3) is 0.231. The average Bonchev–Trinajstić information content (AvgIpc) is 2.99. The van der Waals surface area contributed by atoms with Crippen LogP contribution < -0.4 is 16.5 Å². The van der Waals surface area contributed by atoms with Gasteiger partial charge in [0.2, 0.25) is 7.41 Å². The summed E-state index contributed by atoms with van der Waals surface area (Å²) >= 11 is 0. The van der Waals surface area contributed by atoms with Crippen molar-refractivity contribution in [2.45, 2.75) is 26.4 Å². The van der Waals surface area contributed by atoms with Crippen LogP contribution in [0.4, 0.5) is 0 Å². The van der Waals surface area contributed by atoms with Gasteiger partial charge in [-0.15, -0.1) is 0 Å². The number of fused-ring (bicyclic) bond motifs is 2. The van der Waals surface area contributed by atoms with Crippen molar-refractivity contribution in [2.24, 2.45) is 5.92 Å². The Balaban J connectivity index is 1.45. The quantitative estimate of drug-likeness (QED) is 0.472. The van der Waals surface area contributed by atoms with E-state index in [1.807, 2.05) is 65.2 Å². The van der Waals surface area contributed by atoms with Gasteiger partial charge in [0.25, 0.3) is 5.56 Å². The predicted molar refractivity (Wildman–Crippen MR) is 128 cm³/mol. The summed E-state index contributed by atoms with van der Waals surface area (Å²) in [5.74, 6) is 0.388. The van der Waals surface area contributed by atoms with E-state index in [1.165, 1.54) is 0 Å². The molecule has 5 nitrogen and oxygen atoms in total. The summed E-state index contributed by atoms with van der Waals surface area (Å²) in [4.78, 5) is 27.6. The van der Waals surface area contributed by atoms with E-state index in [4.69, 9.17) is 4.42 Å². The Morgan fingerprint density at radius 1 is 1.00 bits per heavy atom. The van der Waals surface area contributed by atoms with E-state index in [2.05, 4.69) is 19.1 Å². The molecule has 2 aromatic carbocycles.